The molecule has 0 spiro atoms. The molecule has 25 heavy (non-hydrogen) atoms. The highest BCUT2D eigenvalue weighted by Gasteiger charge is 2.23. The fourth-order valence-electron chi connectivity index (χ4n) is 2.27. The number of aromatic nitrogens is 1. The van der Waals surface area contributed by atoms with Gasteiger partial charge in [-0.3, -0.25) is 9.69 Å². The van der Waals surface area contributed by atoms with Crippen molar-refractivity contribution in [2.75, 3.05) is 30.3 Å². The third-order valence-corrected chi connectivity index (χ3v) is 5.65. The summed E-state index contributed by atoms with van der Waals surface area (Å²) in [5.41, 5.74) is 0.683. The Bertz CT molecular complexity index is 751. The molecule has 0 bridgehead atoms. The maximum atomic E-state index is 12.0. The largest absolute Gasteiger partial charge is 0.355 e. The molecular weight excluding hydrogens is 380 g/mol. The van der Waals surface area contributed by atoms with Crippen LogP contribution in [0.25, 0.3) is 0 Å². The number of rotatable bonds is 7. The lowest BCUT2D eigenvalue weighted by atomic mass is 10.3. The number of nitrogens with one attached hydrogen (secondary N) is 2. The molecule has 0 unspecified atom stereocenters. The van der Waals surface area contributed by atoms with Crippen LogP contribution >= 0.6 is 34.7 Å². The van der Waals surface area contributed by atoms with Gasteiger partial charge in [-0.1, -0.05) is 11.6 Å². The molecule has 1 saturated heterocycles. The van der Waals surface area contributed by atoms with Crippen molar-refractivity contribution in [1.29, 1.82) is 0 Å². The van der Waals surface area contributed by atoms with Gasteiger partial charge in [0.25, 0.3) is 0 Å². The first-order valence-corrected chi connectivity index (χ1v) is 10.0. The highest BCUT2D eigenvalue weighted by molar-refractivity contribution is 7.99. The van der Waals surface area contributed by atoms with E-state index in [1.807, 2.05) is 29.6 Å². The van der Waals surface area contributed by atoms with E-state index < -0.39 is 0 Å². The predicted octanol–water partition coefficient (Wildman–Crippen LogP) is 2.78. The van der Waals surface area contributed by atoms with Crippen LogP contribution in [0.15, 0.2) is 34.5 Å². The quantitative estimate of drug-likeness (QED) is 0.557. The third-order valence-electron chi connectivity index (χ3n) is 3.48. The highest BCUT2D eigenvalue weighted by atomic mass is 35.5. The molecule has 2 N–H and O–H groups in total. The van der Waals surface area contributed by atoms with Crippen LogP contribution in [-0.4, -0.2) is 42.3 Å². The van der Waals surface area contributed by atoms with Crippen LogP contribution in [0.3, 0.4) is 0 Å². The first-order chi connectivity index (χ1) is 12.1. The summed E-state index contributed by atoms with van der Waals surface area (Å²) in [6.45, 7) is 1.82. The number of nitrogens with zero attached hydrogens (tertiary/aromatic N) is 2. The number of urea groups is 1. The molecule has 6 nitrogen and oxygen atoms in total. The van der Waals surface area contributed by atoms with Gasteiger partial charge in [-0.25, -0.2) is 9.78 Å². The van der Waals surface area contributed by atoms with Crippen molar-refractivity contribution in [1.82, 2.24) is 15.6 Å². The van der Waals surface area contributed by atoms with E-state index in [1.165, 1.54) is 11.3 Å². The van der Waals surface area contributed by atoms with Crippen molar-refractivity contribution < 1.29 is 9.59 Å². The zero-order valence-corrected chi connectivity index (χ0v) is 15.7. The normalized spacial score (nSPS) is 13.8. The van der Waals surface area contributed by atoms with E-state index in [9.17, 15) is 9.59 Å². The Kier molecular flexibility index (Phi) is 6.17. The fourth-order valence-corrected chi connectivity index (χ4v) is 4.02. The summed E-state index contributed by atoms with van der Waals surface area (Å²) in [4.78, 5) is 30.7. The fraction of sp³-hybridized carbons (Fsp3) is 0.312. The molecule has 132 valence electrons. The molecule has 2 aromatic rings. The SMILES string of the molecule is O=C(Cc1csc(N2CCNC2=O)n1)NCCSc1ccc(Cl)cc1. The van der Waals surface area contributed by atoms with Gasteiger partial charge in [0, 0.05) is 40.7 Å². The molecule has 1 aromatic heterocycles. The number of thiazole rings is 1. The van der Waals surface area contributed by atoms with Crippen LogP contribution in [0.4, 0.5) is 9.93 Å². The van der Waals surface area contributed by atoms with Gasteiger partial charge < -0.3 is 10.6 Å². The lowest BCUT2D eigenvalue weighted by Crippen LogP contribution is -2.28. The standard InChI is InChI=1S/C16H17ClN4O2S2/c17-11-1-3-13(4-2-11)24-8-6-18-14(22)9-12-10-25-16(20-12)21-7-5-19-15(21)23/h1-4,10H,5-9H2,(H,18,22)(H,19,23). The smallest absolute Gasteiger partial charge is 0.323 e. The molecule has 1 aromatic carbocycles. The topological polar surface area (TPSA) is 74.3 Å². The number of carbonyl (C=O) groups excluding carboxylic acids is 2. The Morgan fingerprint density at radius 1 is 1.40 bits per heavy atom. The van der Waals surface area contributed by atoms with E-state index >= 15 is 0 Å². The lowest BCUT2D eigenvalue weighted by molar-refractivity contribution is -0.120. The second-order valence-electron chi connectivity index (χ2n) is 5.33. The van der Waals surface area contributed by atoms with Crippen molar-refractivity contribution in [3.8, 4) is 0 Å². The molecule has 9 heteroatoms. The van der Waals surface area contributed by atoms with Crippen LogP contribution < -0.4 is 15.5 Å². The zero-order valence-electron chi connectivity index (χ0n) is 13.3. The molecule has 3 amide bonds. The van der Waals surface area contributed by atoms with Gasteiger partial charge >= 0.3 is 6.03 Å². The summed E-state index contributed by atoms with van der Waals surface area (Å²) >= 11 is 8.89. The summed E-state index contributed by atoms with van der Waals surface area (Å²) in [7, 11) is 0. The average Bonchev–Trinajstić information content (AvgIpc) is 3.22. The lowest BCUT2D eigenvalue weighted by Gasteiger charge is -2.08. The average molecular weight is 397 g/mol. The van der Waals surface area contributed by atoms with Crippen LogP contribution in [-0.2, 0) is 11.2 Å². The van der Waals surface area contributed by atoms with Crippen molar-refractivity contribution >= 4 is 51.8 Å². The Morgan fingerprint density at radius 3 is 2.92 bits per heavy atom. The summed E-state index contributed by atoms with van der Waals surface area (Å²) < 4.78 is 0. The minimum Gasteiger partial charge on any atom is -0.355 e. The van der Waals surface area contributed by atoms with Crippen LogP contribution in [0, 0.1) is 0 Å². The van der Waals surface area contributed by atoms with Gasteiger partial charge in [0.15, 0.2) is 5.13 Å². The van der Waals surface area contributed by atoms with Crippen molar-refractivity contribution in [3.05, 3.63) is 40.4 Å². The van der Waals surface area contributed by atoms with E-state index in [0.717, 1.165) is 10.6 Å². The van der Waals surface area contributed by atoms with Gasteiger partial charge in [0.2, 0.25) is 5.91 Å². The van der Waals surface area contributed by atoms with Crippen molar-refractivity contribution in [2.24, 2.45) is 0 Å². The van der Waals surface area contributed by atoms with Crippen LogP contribution in [0.2, 0.25) is 5.02 Å². The second-order valence-corrected chi connectivity index (χ2v) is 7.78. The van der Waals surface area contributed by atoms with Gasteiger partial charge in [0.1, 0.15) is 0 Å². The number of halogens is 1. The summed E-state index contributed by atoms with van der Waals surface area (Å²) in [6.07, 6.45) is 0.220. The molecule has 0 radical (unpaired) electrons. The second kappa shape index (κ2) is 8.55. The Labute approximate surface area is 159 Å². The zero-order chi connectivity index (χ0) is 17.6. The van der Waals surface area contributed by atoms with Gasteiger partial charge in [-0.05, 0) is 24.3 Å². The molecule has 3 rings (SSSR count). The van der Waals surface area contributed by atoms with Gasteiger partial charge in [0.05, 0.1) is 12.1 Å². The maximum Gasteiger partial charge on any atom is 0.323 e. The summed E-state index contributed by atoms with van der Waals surface area (Å²) in [6, 6.07) is 7.48. The molecule has 1 fully saturated rings. The minimum absolute atomic E-state index is 0.0700. The number of amides is 3. The van der Waals surface area contributed by atoms with Gasteiger partial charge in [-0.2, -0.15) is 0 Å². The molecule has 0 atom stereocenters. The molecule has 2 heterocycles. The van der Waals surface area contributed by atoms with Gasteiger partial charge in [-0.15, -0.1) is 23.1 Å². The predicted molar refractivity (Wildman–Crippen MR) is 102 cm³/mol. The van der Waals surface area contributed by atoms with Crippen LogP contribution in [0.5, 0.6) is 0 Å². The number of benzene rings is 1. The first kappa shape index (κ1) is 18.0. The summed E-state index contributed by atoms with van der Waals surface area (Å²) in [5.74, 6) is 0.711. The molecule has 0 saturated carbocycles. The number of hydrogen-bond acceptors (Lipinski definition) is 5. The molecule has 1 aliphatic heterocycles. The number of thioether (sulfide) groups is 1. The highest BCUT2D eigenvalue weighted by Crippen LogP contribution is 2.22. The summed E-state index contributed by atoms with van der Waals surface area (Å²) in [5, 5.41) is 8.79. The van der Waals surface area contributed by atoms with E-state index in [2.05, 4.69) is 15.6 Å². The number of carbonyl (C=O) groups is 2. The molecule has 1 aliphatic rings. The number of anilines is 1. The Morgan fingerprint density at radius 2 is 2.20 bits per heavy atom. The Balaban J connectivity index is 1.40. The van der Waals surface area contributed by atoms with Crippen molar-refractivity contribution in [3.63, 3.8) is 0 Å². The van der Waals surface area contributed by atoms with E-state index in [-0.39, 0.29) is 18.4 Å². The first-order valence-electron chi connectivity index (χ1n) is 7.76. The molecular formula is C16H17ClN4O2S2. The monoisotopic (exact) mass is 396 g/mol. The number of hydrogen-bond donors (Lipinski definition) is 2. The van der Waals surface area contributed by atoms with E-state index in [4.69, 9.17) is 11.6 Å². The maximum absolute atomic E-state index is 12.0. The third kappa shape index (κ3) is 5.10. The minimum atomic E-state index is -0.135. The molecule has 0 aliphatic carbocycles. The van der Waals surface area contributed by atoms with Crippen LogP contribution in [0.1, 0.15) is 5.69 Å². The van der Waals surface area contributed by atoms with Crippen molar-refractivity contribution in [2.45, 2.75) is 11.3 Å². The van der Waals surface area contributed by atoms with E-state index in [1.54, 1.807) is 16.7 Å². The van der Waals surface area contributed by atoms with E-state index in [0.29, 0.717) is 35.5 Å². The Hall–Kier alpha value is -1.77.